The van der Waals surface area contributed by atoms with Gasteiger partial charge in [-0.15, -0.1) is 0 Å². The van der Waals surface area contributed by atoms with Crippen molar-refractivity contribution in [1.82, 2.24) is 20.4 Å². The molecule has 0 spiro atoms. The molecule has 146 valence electrons. The Balaban J connectivity index is 1.67. The van der Waals surface area contributed by atoms with E-state index in [1.54, 1.807) is 14.2 Å². The van der Waals surface area contributed by atoms with Crippen LogP contribution in [0.25, 0.3) is 0 Å². The van der Waals surface area contributed by atoms with Gasteiger partial charge in [-0.25, -0.2) is 0 Å². The number of aliphatic imine (C=N–C) groups is 1. The number of rotatable bonds is 9. The molecule has 0 aromatic heterocycles. The first-order chi connectivity index (χ1) is 11.9. The highest BCUT2D eigenvalue weighted by Gasteiger charge is 2.34. The molecule has 0 radical (unpaired) electrons. The highest BCUT2D eigenvalue weighted by atomic mass is 19.4. The molecular weight excluding hydrogens is 335 g/mol. The number of methoxy groups -OCH3 is 1. The van der Waals surface area contributed by atoms with Crippen molar-refractivity contribution in [1.29, 1.82) is 0 Å². The predicted molar refractivity (Wildman–Crippen MR) is 91.9 cm³/mol. The number of hydrogen-bond donors (Lipinski definition) is 2. The summed E-state index contributed by atoms with van der Waals surface area (Å²) in [5.41, 5.74) is 0. The van der Waals surface area contributed by atoms with Gasteiger partial charge in [0.15, 0.2) is 5.96 Å². The number of halogens is 3. The number of nitrogens with one attached hydrogen (secondary N) is 2. The lowest BCUT2D eigenvalue weighted by molar-refractivity contribution is -0.143. The fourth-order valence-electron chi connectivity index (χ4n) is 3.18. The minimum atomic E-state index is -4.14. The second-order valence-electron chi connectivity index (χ2n) is 6.74. The van der Waals surface area contributed by atoms with E-state index >= 15 is 0 Å². The van der Waals surface area contributed by atoms with Gasteiger partial charge in [-0.2, -0.15) is 13.2 Å². The van der Waals surface area contributed by atoms with E-state index in [1.807, 2.05) is 0 Å². The predicted octanol–water partition coefficient (Wildman–Crippen LogP) is 0.899. The normalized spacial score (nSPS) is 22.6. The Kier molecular flexibility index (Phi) is 7.77. The largest absolute Gasteiger partial charge is 0.401 e. The average molecular weight is 365 g/mol. The Bertz CT molecular complexity index is 428. The zero-order valence-electron chi connectivity index (χ0n) is 15.1. The summed E-state index contributed by atoms with van der Waals surface area (Å²) in [4.78, 5) is 8.02. The summed E-state index contributed by atoms with van der Waals surface area (Å²) in [5, 5.41) is 6.49. The molecule has 2 rings (SSSR count). The maximum Gasteiger partial charge on any atom is 0.401 e. The molecular formula is C16H30F3N5O. The van der Waals surface area contributed by atoms with E-state index in [9.17, 15) is 13.2 Å². The zero-order valence-corrected chi connectivity index (χ0v) is 15.1. The summed E-state index contributed by atoms with van der Waals surface area (Å²) >= 11 is 0. The van der Waals surface area contributed by atoms with E-state index in [0.717, 1.165) is 26.2 Å². The molecule has 1 aliphatic carbocycles. The van der Waals surface area contributed by atoms with Gasteiger partial charge in [0.25, 0.3) is 0 Å². The van der Waals surface area contributed by atoms with Gasteiger partial charge < -0.3 is 15.4 Å². The zero-order chi connectivity index (χ0) is 18.3. The van der Waals surface area contributed by atoms with Crippen LogP contribution in [0.4, 0.5) is 13.2 Å². The Morgan fingerprint density at radius 2 is 2.04 bits per heavy atom. The summed E-state index contributed by atoms with van der Waals surface area (Å²) in [7, 11) is 3.39. The van der Waals surface area contributed by atoms with Gasteiger partial charge in [-0.05, 0) is 19.3 Å². The van der Waals surface area contributed by atoms with Crippen LogP contribution in [0.3, 0.4) is 0 Å². The molecule has 0 aromatic carbocycles. The third-order valence-corrected chi connectivity index (χ3v) is 4.58. The lowest BCUT2D eigenvalue weighted by atomic mass is 10.3. The van der Waals surface area contributed by atoms with Crippen molar-refractivity contribution in [2.75, 3.05) is 60.0 Å². The van der Waals surface area contributed by atoms with E-state index < -0.39 is 12.7 Å². The topological polar surface area (TPSA) is 52.1 Å². The second kappa shape index (κ2) is 9.59. The van der Waals surface area contributed by atoms with E-state index in [-0.39, 0.29) is 6.04 Å². The van der Waals surface area contributed by atoms with Gasteiger partial charge in [-0.3, -0.25) is 14.8 Å². The molecule has 2 N–H and O–H groups in total. The van der Waals surface area contributed by atoms with E-state index in [4.69, 9.17) is 4.74 Å². The van der Waals surface area contributed by atoms with Crippen molar-refractivity contribution >= 4 is 5.96 Å². The molecule has 9 heteroatoms. The Hall–Kier alpha value is -1.06. The average Bonchev–Trinajstić information content (AvgIpc) is 3.30. The summed E-state index contributed by atoms with van der Waals surface area (Å²) in [6.07, 6.45) is -0.955. The minimum Gasteiger partial charge on any atom is -0.383 e. The number of nitrogens with zero attached hydrogens (tertiary/aromatic N) is 3. The lowest BCUT2D eigenvalue weighted by Crippen LogP contribution is -2.47. The van der Waals surface area contributed by atoms with Crippen LogP contribution in [0.5, 0.6) is 0 Å². The highest BCUT2D eigenvalue weighted by molar-refractivity contribution is 5.80. The summed E-state index contributed by atoms with van der Waals surface area (Å²) < 4.78 is 42.5. The quantitative estimate of drug-likeness (QED) is 0.470. The first-order valence-corrected chi connectivity index (χ1v) is 8.90. The second-order valence-corrected chi connectivity index (χ2v) is 6.74. The van der Waals surface area contributed by atoms with Crippen LogP contribution < -0.4 is 10.6 Å². The van der Waals surface area contributed by atoms with Crippen LogP contribution in [0.15, 0.2) is 4.99 Å². The smallest absolute Gasteiger partial charge is 0.383 e. The number of guanidine groups is 1. The van der Waals surface area contributed by atoms with Gasteiger partial charge in [0.2, 0.25) is 0 Å². The SMILES string of the molecule is CN=C(NCCN(CCOC)C1CC1)NC1CCN(CC(F)(F)F)C1. The molecule has 1 unspecified atom stereocenters. The molecule has 6 nitrogen and oxygen atoms in total. The van der Waals surface area contributed by atoms with Crippen LogP contribution in [0.1, 0.15) is 19.3 Å². The maximum atomic E-state index is 12.5. The van der Waals surface area contributed by atoms with Gasteiger partial charge in [0, 0.05) is 59.0 Å². The fraction of sp³-hybridized carbons (Fsp3) is 0.938. The van der Waals surface area contributed by atoms with Crippen molar-refractivity contribution in [3.05, 3.63) is 0 Å². The van der Waals surface area contributed by atoms with Crippen molar-refractivity contribution in [2.45, 2.75) is 37.5 Å². The molecule has 1 saturated heterocycles. The summed E-state index contributed by atoms with van der Waals surface area (Å²) in [6, 6.07) is 0.666. The number of hydrogen-bond acceptors (Lipinski definition) is 4. The van der Waals surface area contributed by atoms with Crippen LogP contribution in [-0.2, 0) is 4.74 Å². The molecule has 25 heavy (non-hydrogen) atoms. The van der Waals surface area contributed by atoms with Crippen LogP contribution in [-0.4, -0.2) is 94.1 Å². The van der Waals surface area contributed by atoms with Gasteiger partial charge in [0.05, 0.1) is 13.2 Å². The molecule has 0 aromatic rings. The van der Waals surface area contributed by atoms with Crippen molar-refractivity contribution in [3.63, 3.8) is 0 Å². The van der Waals surface area contributed by atoms with E-state index in [2.05, 4.69) is 20.5 Å². The summed E-state index contributed by atoms with van der Waals surface area (Å²) in [5.74, 6) is 0.654. The highest BCUT2D eigenvalue weighted by Crippen LogP contribution is 2.26. The van der Waals surface area contributed by atoms with Crippen LogP contribution >= 0.6 is 0 Å². The molecule has 1 aliphatic heterocycles. The molecule has 2 fully saturated rings. The van der Waals surface area contributed by atoms with E-state index in [1.165, 1.54) is 17.7 Å². The van der Waals surface area contributed by atoms with Gasteiger partial charge in [-0.1, -0.05) is 0 Å². The van der Waals surface area contributed by atoms with Crippen molar-refractivity contribution in [3.8, 4) is 0 Å². The Morgan fingerprint density at radius 1 is 1.28 bits per heavy atom. The number of likely N-dealkylation sites (tertiary alicyclic amines) is 1. The molecule has 2 aliphatic rings. The molecule has 1 atom stereocenters. The van der Waals surface area contributed by atoms with E-state index in [0.29, 0.717) is 31.5 Å². The fourth-order valence-corrected chi connectivity index (χ4v) is 3.18. The van der Waals surface area contributed by atoms with Crippen molar-refractivity contribution < 1.29 is 17.9 Å². The summed E-state index contributed by atoms with van der Waals surface area (Å²) in [6.45, 7) is 3.30. The number of alkyl halides is 3. The maximum absolute atomic E-state index is 12.5. The van der Waals surface area contributed by atoms with Crippen molar-refractivity contribution in [2.24, 2.45) is 4.99 Å². The third-order valence-electron chi connectivity index (χ3n) is 4.58. The molecule has 1 heterocycles. The molecule has 1 saturated carbocycles. The van der Waals surface area contributed by atoms with Gasteiger partial charge >= 0.3 is 6.18 Å². The molecule has 0 amide bonds. The standard InChI is InChI=1S/C16H30F3N5O/c1-20-15(21-6-8-24(9-10-25-2)14-3-4-14)22-13-5-7-23(11-13)12-16(17,18)19/h13-14H,3-12H2,1-2H3,(H2,20,21,22). The Morgan fingerprint density at radius 3 is 2.64 bits per heavy atom. The Labute approximate surface area is 147 Å². The first kappa shape index (κ1) is 20.3. The first-order valence-electron chi connectivity index (χ1n) is 8.90. The minimum absolute atomic E-state index is 0.00146. The molecule has 0 bridgehead atoms. The van der Waals surface area contributed by atoms with Crippen LogP contribution in [0, 0.1) is 0 Å². The number of ether oxygens (including phenoxy) is 1. The van der Waals surface area contributed by atoms with Crippen LogP contribution in [0.2, 0.25) is 0 Å². The lowest BCUT2D eigenvalue weighted by Gasteiger charge is -2.23. The third kappa shape index (κ3) is 7.79. The van der Waals surface area contributed by atoms with Gasteiger partial charge in [0.1, 0.15) is 0 Å². The monoisotopic (exact) mass is 365 g/mol.